The summed E-state index contributed by atoms with van der Waals surface area (Å²) in [5.41, 5.74) is 0.222. The molecule has 2 N–H and O–H groups in total. The average molecular weight is 330 g/mol. The van der Waals surface area contributed by atoms with Gasteiger partial charge in [0, 0.05) is 43.6 Å². The molecule has 4 nitrogen and oxygen atoms in total. The van der Waals surface area contributed by atoms with Gasteiger partial charge in [0.15, 0.2) is 0 Å². The Bertz CT molecular complexity index is 450. The predicted molar refractivity (Wildman–Crippen MR) is 76.7 cm³/mol. The molecule has 1 heterocycles. The molecule has 0 aliphatic carbocycles. The molecule has 0 unspecified atom stereocenters. The summed E-state index contributed by atoms with van der Waals surface area (Å²) in [6.45, 7) is 4.55. The zero-order chi connectivity index (χ0) is 13.7. The van der Waals surface area contributed by atoms with E-state index in [1.807, 2.05) is 0 Å². The van der Waals surface area contributed by atoms with E-state index in [2.05, 4.69) is 31.5 Å². The van der Waals surface area contributed by atoms with Gasteiger partial charge in [0.05, 0.1) is 5.69 Å². The Hall–Kier alpha value is -0.980. The molecule has 0 spiro atoms. The number of amides is 1. The SMILES string of the molecule is O=C(CCN1CCNCC1)Nc1cc(Br)ccc1F. The van der Waals surface area contributed by atoms with Crippen LogP contribution >= 0.6 is 15.9 Å². The van der Waals surface area contributed by atoms with E-state index in [0.29, 0.717) is 13.0 Å². The quantitative estimate of drug-likeness (QED) is 0.885. The van der Waals surface area contributed by atoms with Crippen molar-refractivity contribution in [3.05, 3.63) is 28.5 Å². The van der Waals surface area contributed by atoms with E-state index in [-0.39, 0.29) is 11.6 Å². The third-order valence-corrected chi connectivity index (χ3v) is 3.56. The number of nitrogens with one attached hydrogen (secondary N) is 2. The number of rotatable bonds is 4. The van der Waals surface area contributed by atoms with Crippen LogP contribution in [-0.4, -0.2) is 43.5 Å². The Labute approximate surface area is 120 Å². The Morgan fingerprint density at radius 3 is 2.89 bits per heavy atom. The monoisotopic (exact) mass is 329 g/mol. The molecule has 0 bridgehead atoms. The number of nitrogens with zero attached hydrogens (tertiary/aromatic N) is 1. The number of carbonyl (C=O) groups excluding carboxylic acids is 1. The van der Waals surface area contributed by atoms with Crippen LogP contribution in [0.3, 0.4) is 0 Å². The highest BCUT2D eigenvalue weighted by atomic mass is 79.9. The van der Waals surface area contributed by atoms with Crippen molar-refractivity contribution in [3.63, 3.8) is 0 Å². The Kier molecular flexibility index (Phi) is 5.30. The van der Waals surface area contributed by atoms with Gasteiger partial charge in [0.1, 0.15) is 5.82 Å². The third kappa shape index (κ3) is 4.56. The number of benzene rings is 1. The maximum atomic E-state index is 13.5. The van der Waals surface area contributed by atoms with Crippen molar-refractivity contribution in [1.82, 2.24) is 10.2 Å². The van der Waals surface area contributed by atoms with Crippen molar-refractivity contribution < 1.29 is 9.18 Å². The fraction of sp³-hybridized carbons (Fsp3) is 0.462. The molecule has 1 aliphatic rings. The van der Waals surface area contributed by atoms with E-state index < -0.39 is 5.82 Å². The van der Waals surface area contributed by atoms with Gasteiger partial charge in [0.25, 0.3) is 0 Å². The number of carbonyl (C=O) groups is 1. The van der Waals surface area contributed by atoms with Gasteiger partial charge in [-0.05, 0) is 18.2 Å². The minimum Gasteiger partial charge on any atom is -0.324 e. The molecule has 1 saturated heterocycles. The van der Waals surface area contributed by atoms with Crippen LogP contribution in [0, 0.1) is 5.82 Å². The molecule has 19 heavy (non-hydrogen) atoms. The van der Waals surface area contributed by atoms with Gasteiger partial charge >= 0.3 is 0 Å². The first-order valence-electron chi connectivity index (χ1n) is 6.33. The summed E-state index contributed by atoms with van der Waals surface area (Å²) in [6, 6.07) is 4.50. The minimum absolute atomic E-state index is 0.157. The summed E-state index contributed by atoms with van der Waals surface area (Å²) in [6.07, 6.45) is 0.381. The lowest BCUT2D eigenvalue weighted by atomic mass is 10.2. The highest BCUT2D eigenvalue weighted by molar-refractivity contribution is 9.10. The molecule has 1 amide bonds. The molecule has 1 aliphatic heterocycles. The Morgan fingerprint density at radius 1 is 1.42 bits per heavy atom. The van der Waals surface area contributed by atoms with Crippen LogP contribution in [0.2, 0.25) is 0 Å². The third-order valence-electron chi connectivity index (χ3n) is 3.07. The summed E-state index contributed by atoms with van der Waals surface area (Å²) in [5.74, 6) is -0.575. The molecule has 1 fully saturated rings. The van der Waals surface area contributed by atoms with Crippen molar-refractivity contribution in [3.8, 4) is 0 Å². The number of anilines is 1. The lowest BCUT2D eigenvalue weighted by molar-refractivity contribution is -0.116. The van der Waals surface area contributed by atoms with Gasteiger partial charge < -0.3 is 15.5 Å². The molecule has 0 saturated carbocycles. The maximum absolute atomic E-state index is 13.5. The Morgan fingerprint density at radius 2 is 2.16 bits per heavy atom. The largest absolute Gasteiger partial charge is 0.324 e. The molecule has 6 heteroatoms. The van der Waals surface area contributed by atoms with E-state index in [4.69, 9.17) is 0 Å². The first kappa shape index (κ1) is 14.4. The van der Waals surface area contributed by atoms with Crippen LogP contribution in [0.25, 0.3) is 0 Å². The number of hydrogen-bond donors (Lipinski definition) is 2. The molecule has 104 valence electrons. The zero-order valence-electron chi connectivity index (χ0n) is 10.6. The molecule has 0 aromatic heterocycles. The van der Waals surface area contributed by atoms with Crippen LogP contribution in [0.4, 0.5) is 10.1 Å². The predicted octanol–water partition coefficient (Wildman–Crippen LogP) is 1.82. The second-order valence-electron chi connectivity index (χ2n) is 4.51. The normalized spacial score (nSPS) is 16.3. The van der Waals surface area contributed by atoms with Crippen molar-refractivity contribution >= 4 is 27.5 Å². The van der Waals surface area contributed by atoms with Crippen molar-refractivity contribution in [1.29, 1.82) is 0 Å². The zero-order valence-corrected chi connectivity index (χ0v) is 12.2. The fourth-order valence-electron chi connectivity index (χ4n) is 2.00. The van der Waals surface area contributed by atoms with Gasteiger partial charge in [0.2, 0.25) is 5.91 Å². The van der Waals surface area contributed by atoms with Crippen molar-refractivity contribution in [2.75, 3.05) is 38.0 Å². The highest BCUT2D eigenvalue weighted by Gasteiger charge is 2.12. The molecule has 0 radical (unpaired) electrons. The van der Waals surface area contributed by atoms with Gasteiger partial charge in [-0.1, -0.05) is 15.9 Å². The first-order chi connectivity index (χ1) is 9.15. The lowest BCUT2D eigenvalue weighted by Gasteiger charge is -2.26. The molecule has 1 aromatic carbocycles. The Balaban J connectivity index is 1.81. The van der Waals surface area contributed by atoms with E-state index in [1.54, 1.807) is 12.1 Å². The maximum Gasteiger partial charge on any atom is 0.225 e. The van der Waals surface area contributed by atoms with Crippen LogP contribution < -0.4 is 10.6 Å². The first-order valence-corrected chi connectivity index (χ1v) is 7.12. The van der Waals surface area contributed by atoms with Crippen LogP contribution in [0.15, 0.2) is 22.7 Å². The fourth-order valence-corrected chi connectivity index (χ4v) is 2.36. The molecular formula is C13H17BrFN3O. The van der Waals surface area contributed by atoms with E-state index in [9.17, 15) is 9.18 Å². The molecule has 0 atom stereocenters. The van der Waals surface area contributed by atoms with Gasteiger partial charge in [-0.2, -0.15) is 0 Å². The summed E-state index contributed by atoms with van der Waals surface area (Å²) in [5, 5.41) is 5.86. The second kappa shape index (κ2) is 6.98. The number of hydrogen-bond acceptors (Lipinski definition) is 3. The minimum atomic E-state index is -0.418. The van der Waals surface area contributed by atoms with Gasteiger partial charge in [-0.3, -0.25) is 4.79 Å². The lowest BCUT2D eigenvalue weighted by Crippen LogP contribution is -2.44. The van der Waals surface area contributed by atoms with Crippen LogP contribution in [0.5, 0.6) is 0 Å². The molecule has 1 aromatic rings. The molecule has 2 rings (SSSR count). The number of piperazine rings is 1. The van der Waals surface area contributed by atoms with Gasteiger partial charge in [-0.15, -0.1) is 0 Å². The van der Waals surface area contributed by atoms with E-state index in [1.165, 1.54) is 6.07 Å². The van der Waals surface area contributed by atoms with E-state index in [0.717, 1.165) is 30.7 Å². The number of halogens is 2. The molecular weight excluding hydrogens is 313 g/mol. The second-order valence-corrected chi connectivity index (χ2v) is 5.43. The summed E-state index contributed by atoms with van der Waals surface area (Å²) >= 11 is 3.25. The highest BCUT2D eigenvalue weighted by Crippen LogP contribution is 2.20. The van der Waals surface area contributed by atoms with Crippen LogP contribution in [-0.2, 0) is 4.79 Å². The van der Waals surface area contributed by atoms with Gasteiger partial charge in [-0.25, -0.2) is 4.39 Å². The van der Waals surface area contributed by atoms with E-state index >= 15 is 0 Å². The smallest absolute Gasteiger partial charge is 0.225 e. The topological polar surface area (TPSA) is 44.4 Å². The van der Waals surface area contributed by atoms with Crippen molar-refractivity contribution in [2.45, 2.75) is 6.42 Å². The van der Waals surface area contributed by atoms with Crippen molar-refractivity contribution in [2.24, 2.45) is 0 Å². The standard InChI is InChI=1S/C13H17BrFN3O/c14-10-1-2-11(15)12(9-10)17-13(19)3-6-18-7-4-16-5-8-18/h1-2,9,16H,3-8H2,(H,17,19). The van der Waals surface area contributed by atoms with Crippen LogP contribution in [0.1, 0.15) is 6.42 Å². The summed E-state index contributed by atoms with van der Waals surface area (Å²) in [4.78, 5) is 14.0. The summed E-state index contributed by atoms with van der Waals surface area (Å²) < 4.78 is 14.2. The summed E-state index contributed by atoms with van der Waals surface area (Å²) in [7, 11) is 0. The average Bonchev–Trinajstić information content (AvgIpc) is 2.42.